The molecule has 27 heavy (non-hydrogen) atoms. The van der Waals surface area contributed by atoms with Crippen LogP contribution in [-0.2, 0) is 19.4 Å². The molecule has 0 unspecified atom stereocenters. The lowest BCUT2D eigenvalue weighted by Gasteiger charge is -2.15. The van der Waals surface area contributed by atoms with Crippen LogP contribution in [0.1, 0.15) is 40.0 Å². The van der Waals surface area contributed by atoms with E-state index in [4.69, 9.17) is 0 Å². The van der Waals surface area contributed by atoms with Crippen LogP contribution in [0.4, 0.5) is 10.5 Å². The quantitative estimate of drug-likeness (QED) is 0.630. The molecule has 1 aliphatic carbocycles. The first-order valence-electron chi connectivity index (χ1n) is 9.50. The smallest absolute Gasteiger partial charge is 0.319 e. The summed E-state index contributed by atoms with van der Waals surface area (Å²) in [5.74, 6) is 0. The highest BCUT2D eigenvalue weighted by Crippen LogP contribution is 2.36. The number of hydrogen-bond donors (Lipinski definition) is 2. The van der Waals surface area contributed by atoms with Gasteiger partial charge in [-0.1, -0.05) is 12.1 Å². The van der Waals surface area contributed by atoms with E-state index in [2.05, 4.69) is 33.7 Å². The standard InChI is InChI=1S/C22H25N3OS/c1-15-9-10-16(2)19(13-15)24-22(26)23-14-18-17-7-3-4-8-20(17)27-21(18)25-11-5-6-12-25/h5-6,9-13H,3-4,7-8,14H2,1-2H3,(H2,23,24,26). The predicted octanol–water partition coefficient (Wildman–Crippen LogP) is 5.36. The molecule has 0 radical (unpaired) electrons. The Morgan fingerprint density at radius 1 is 1.15 bits per heavy atom. The number of aryl methyl sites for hydroxylation is 3. The number of urea groups is 1. The average Bonchev–Trinajstić information content (AvgIpc) is 3.30. The van der Waals surface area contributed by atoms with E-state index in [1.807, 2.05) is 49.4 Å². The van der Waals surface area contributed by atoms with Crippen LogP contribution >= 0.6 is 11.3 Å². The largest absolute Gasteiger partial charge is 0.334 e. The number of fused-ring (bicyclic) bond motifs is 1. The topological polar surface area (TPSA) is 46.1 Å². The Labute approximate surface area is 164 Å². The summed E-state index contributed by atoms with van der Waals surface area (Å²) in [6.07, 6.45) is 8.93. The van der Waals surface area contributed by atoms with Gasteiger partial charge in [0.15, 0.2) is 0 Å². The van der Waals surface area contributed by atoms with Crippen LogP contribution in [0.5, 0.6) is 0 Å². The fourth-order valence-corrected chi connectivity index (χ4v) is 5.06. The summed E-state index contributed by atoms with van der Waals surface area (Å²) in [6.45, 7) is 4.59. The molecule has 2 aromatic heterocycles. The van der Waals surface area contributed by atoms with E-state index < -0.39 is 0 Å². The molecule has 1 aliphatic rings. The van der Waals surface area contributed by atoms with Gasteiger partial charge in [0.25, 0.3) is 0 Å². The van der Waals surface area contributed by atoms with E-state index in [1.165, 1.54) is 33.8 Å². The highest BCUT2D eigenvalue weighted by atomic mass is 32.1. The number of anilines is 1. The summed E-state index contributed by atoms with van der Waals surface area (Å²) in [4.78, 5) is 14.0. The van der Waals surface area contributed by atoms with E-state index in [0.29, 0.717) is 6.54 Å². The normalized spacial score (nSPS) is 13.3. The van der Waals surface area contributed by atoms with Gasteiger partial charge in [0, 0.05) is 35.1 Å². The van der Waals surface area contributed by atoms with Gasteiger partial charge in [0.2, 0.25) is 0 Å². The summed E-state index contributed by atoms with van der Waals surface area (Å²) in [5.41, 5.74) is 5.78. The third-order valence-corrected chi connectivity index (χ3v) is 6.51. The van der Waals surface area contributed by atoms with Crippen LogP contribution < -0.4 is 10.6 Å². The van der Waals surface area contributed by atoms with Crippen LogP contribution in [0.2, 0.25) is 0 Å². The zero-order valence-electron chi connectivity index (χ0n) is 15.8. The van der Waals surface area contributed by atoms with Gasteiger partial charge in [0.1, 0.15) is 5.00 Å². The van der Waals surface area contributed by atoms with Gasteiger partial charge in [-0.05, 0) is 74.4 Å². The van der Waals surface area contributed by atoms with Crippen molar-refractivity contribution >= 4 is 23.1 Å². The first-order valence-corrected chi connectivity index (χ1v) is 10.3. The first-order chi connectivity index (χ1) is 13.1. The van der Waals surface area contributed by atoms with Crippen molar-refractivity contribution in [2.45, 2.75) is 46.1 Å². The fraction of sp³-hybridized carbons (Fsp3) is 0.318. The molecular formula is C22H25N3OS. The number of nitrogens with one attached hydrogen (secondary N) is 2. The van der Waals surface area contributed by atoms with Crippen LogP contribution in [0.3, 0.4) is 0 Å². The molecule has 4 rings (SSSR count). The highest BCUT2D eigenvalue weighted by Gasteiger charge is 2.21. The molecule has 0 atom stereocenters. The number of carbonyl (C=O) groups is 1. The van der Waals surface area contributed by atoms with Crippen molar-refractivity contribution in [3.8, 4) is 5.00 Å². The monoisotopic (exact) mass is 379 g/mol. The van der Waals surface area contributed by atoms with E-state index in [9.17, 15) is 4.79 Å². The minimum atomic E-state index is -0.155. The second kappa shape index (κ2) is 7.61. The number of amides is 2. The van der Waals surface area contributed by atoms with Gasteiger partial charge in [-0.25, -0.2) is 4.79 Å². The third-order valence-electron chi connectivity index (χ3n) is 5.17. The lowest BCUT2D eigenvalue weighted by Crippen LogP contribution is -2.29. The summed E-state index contributed by atoms with van der Waals surface area (Å²) in [5, 5.41) is 7.31. The second-order valence-corrected chi connectivity index (χ2v) is 8.29. The molecule has 0 fully saturated rings. The van der Waals surface area contributed by atoms with Crippen molar-refractivity contribution in [3.05, 3.63) is 69.9 Å². The molecule has 140 valence electrons. The zero-order chi connectivity index (χ0) is 18.8. The third kappa shape index (κ3) is 3.78. The van der Waals surface area contributed by atoms with Gasteiger partial charge in [0.05, 0.1) is 0 Å². The summed E-state index contributed by atoms with van der Waals surface area (Å²) >= 11 is 1.87. The molecule has 2 amide bonds. The number of carbonyl (C=O) groups excluding carboxylic acids is 1. The van der Waals surface area contributed by atoms with E-state index in [1.54, 1.807) is 0 Å². The second-order valence-electron chi connectivity index (χ2n) is 7.21. The number of hydrogen-bond acceptors (Lipinski definition) is 2. The van der Waals surface area contributed by atoms with Crippen LogP contribution in [0.15, 0.2) is 42.7 Å². The maximum atomic E-state index is 12.5. The van der Waals surface area contributed by atoms with Gasteiger partial charge in [-0.2, -0.15) is 0 Å². The minimum Gasteiger partial charge on any atom is -0.334 e. The Morgan fingerprint density at radius 2 is 1.93 bits per heavy atom. The van der Waals surface area contributed by atoms with Gasteiger partial charge in [-0.3, -0.25) is 0 Å². The van der Waals surface area contributed by atoms with Crippen molar-refractivity contribution < 1.29 is 4.79 Å². The van der Waals surface area contributed by atoms with E-state index >= 15 is 0 Å². The van der Waals surface area contributed by atoms with Crippen LogP contribution in [0, 0.1) is 13.8 Å². The lowest BCUT2D eigenvalue weighted by atomic mass is 9.95. The SMILES string of the molecule is Cc1ccc(C)c(NC(=O)NCc2c(-n3cccc3)sc3c2CCCC3)c1. The fourth-order valence-electron chi connectivity index (χ4n) is 3.68. The molecule has 2 heterocycles. The van der Waals surface area contributed by atoms with E-state index in [-0.39, 0.29) is 6.03 Å². The molecule has 3 aromatic rings. The van der Waals surface area contributed by atoms with Gasteiger partial charge < -0.3 is 15.2 Å². The van der Waals surface area contributed by atoms with Crippen molar-refractivity contribution in [3.63, 3.8) is 0 Å². The average molecular weight is 380 g/mol. The Morgan fingerprint density at radius 3 is 2.74 bits per heavy atom. The minimum absolute atomic E-state index is 0.155. The number of rotatable bonds is 4. The molecule has 0 spiro atoms. The summed E-state index contributed by atoms with van der Waals surface area (Å²) in [7, 11) is 0. The summed E-state index contributed by atoms with van der Waals surface area (Å²) < 4.78 is 2.17. The molecule has 0 saturated heterocycles. The Balaban J connectivity index is 1.53. The molecule has 0 aliphatic heterocycles. The number of benzene rings is 1. The Hall–Kier alpha value is -2.53. The summed E-state index contributed by atoms with van der Waals surface area (Å²) in [6, 6.07) is 10.0. The molecule has 5 heteroatoms. The van der Waals surface area contributed by atoms with Crippen molar-refractivity contribution in [2.75, 3.05) is 5.32 Å². The van der Waals surface area contributed by atoms with Crippen molar-refractivity contribution in [1.29, 1.82) is 0 Å². The maximum absolute atomic E-state index is 12.5. The molecule has 0 bridgehead atoms. The Bertz CT molecular complexity index is 956. The van der Waals surface area contributed by atoms with Gasteiger partial charge >= 0.3 is 6.03 Å². The predicted molar refractivity (Wildman–Crippen MR) is 112 cm³/mol. The molecular weight excluding hydrogens is 354 g/mol. The number of nitrogens with zero attached hydrogens (tertiary/aromatic N) is 1. The number of aromatic nitrogens is 1. The maximum Gasteiger partial charge on any atom is 0.319 e. The molecule has 2 N–H and O–H groups in total. The molecule has 0 saturated carbocycles. The van der Waals surface area contributed by atoms with Crippen LogP contribution in [-0.4, -0.2) is 10.6 Å². The van der Waals surface area contributed by atoms with Crippen molar-refractivity contribution in [1.82, 2.24) is 9.88 Å². The Kier molecular flexibility index (Phi) is 5.03. The molecule has 4 nitrogen and oxygen atoms in total. The first kappa shape index (κ1) is 17.9. The highest BCUT2D eigenvalue weighted by molar-refractivity contribution is 7.14. The van der Waals surface area contributed by atoms with E-state index in [0.717, 1.165) is 29.7 Å². The zero-order valence-corrected chi connectivity index (χ0v) is 16.7. The molecule has 1 aromatic carbocycles. The van der Waals surface area contributed by atoms with Gasteiger partial charge in [-0.15, -0.1) is 11.3 Å². The van der Waals surface area contributed by atoms with Crippen LogP contribution in [0.25, 0.3) is 5.00 Å². The van der Waals surface area contributed by atoms with Crippen molar-refractivity contribution in [2.24, 2.45) is 0 Å². The lowest BCUT2D eigenvalue weighted by molar-refractivity contribution is 0.251. The number of thiophene rings is 1.